The van der Waals surface area contributed by atoms with Crippen LogP contribution in [0.2, 0.25) is 0 Å². The van der Waals surface area contributed by atoms with Crippen LogP contribution in [0.25, 0.3) is 0 Å². The van der Waals surface area contributed by atoms with Gasteiger partial charge in [0.15, 0.2) is 0 Å². The van der Waals surface area contributed by atoms with Crippen LogP contribution in [0, 0.1) is 0 Å². The molecule has 4 aromatic rings. The molecule has 2 aromatic carbocycles. The van der Waals surface area contributed by atoms with Gasteiger partial charge < -0.3 is 10.2 Å². The van der Waals surface area contributed by atoms with Crippen LogP contribution in [-0.2, 0) is 23.9 Å². The maximum atomic E-state index is 12.1. The quantitative estimate of drug-likeness (QED) is 0.527. The fourth-order valence-electron chi connectivity index (χ4n) is 5.13. The van der Waals surface area contributed by atoms with E-state index in [1.54, 1.807) is 24.8 Å². The third kappa shape index (κ3) is 3.16. The Balaban J connectivity index is 1.73. The van der Waals surface area contributed by atoms with Gasteiger partial charge in [-0.25, -0.2) is 0 Å². The highest BCUT2D eigenvalue weighted by Crippen LogP contribution is 2.54. The Morgan fingerprint density at radius 1 is 0.645 bits per heavy atom. The normalized spacial score (nSPS) is 21.5. The molecule has 2 aromatic heterocycles. The first-order valence-corrected chi connectivity index (χ1v) is 10.5. The van der Waals surface area contributed by atoms with Crippen molar-refractivity contribution in [3.63, 3.8) is 0 Å². The minimum Gasteiger partial charge on any atom is -0.388 e. The van der Waals surface area contributed by atoms with Crippen molar-refractivity contribution in [3.05, 3.63) is 131 Å². The number of nitrogens with zero attached hydrogens (tertiary/aromatic N) is 2. The molecule has 5 rings (SSSR count). The van der Waals surface area contributed by atoms with Gasteiger partial charge in [-0.2, -0.15) is 0 Å². The fraction of sp³-hybridized carbons (Fsp3) is 0.185. The summed E-state index contributed by atoms with van der Waals surface area (Å²) in [6.45, 7) is 0. The lowest BCUT2D eigenvalue weighted by atomic mass is 9.69. The maximum absolute atomic E-state index is 12.1. The predicted octanol–water partition coefficient (Wildman–Crippen LogP) is 3.81. The summed E-state index contributed by atoms with van der Waals surface area (Å²) >= 11 is 0. The molecule has 2 unspecified atom stereocenters. The molecular weight excluding hydrogens is 384 g/mol. The van der Waals surface area contributed by atoms with Crippen LogP contribution >= 0.6 is 0 Å². The summed E-state index contributed by atoms with van der Waals surface area (Å²) in [4.78, 5) is 8.29. The van der Waals surface area contributed by atoms with E-state index in [1.165, 1.54) is 0 Å². The minimum absolute atomic E-state index is 0.575. The number of rotatable bonds is 5. The lowest BCUT2D eigenvalue weighted by Gasteiger charge is -2.39. The van der Waals surface area contributed by atoms with E-state index in [4.69, 9.17) is 0 Å². The molecule has 1 aliphatic rings. The monoisotopic (exact) mass is 408 g/mol. The van der Waals surface area contributed by atoms with E-state index < -0.39 is 17.1 Å². The van der Waals surface area contributed by atoms with Gasteiger partial charge in [0, 0.05) is 30.2 Å². The Morgan fingerprint density at radius 3 is 1.68 bits per heavy atom. The molecule has 1 aliphatic carbocycles. The van der Waals surface area contributed by atoms with Crippen molar-refractivity contribution in [3.8, 4) is 0 Å². The largest absolute Gasteiger partial charge is 0.388 e. The Kier molecular flexibility index (Phi) is 4.89. The third-order valence-electron chi connectivity index (χ3n) is 6.54. The molecule has 0 fully saturated rings. The van der Waals surface area contributed by atoms with Crippen LogP contribution in [0.3, 0.4) is 0 Å². The zero-order valence-electron chi connectivity index (χ0n) is 17.1. The van der Waals surface area contributed by atoms with Crippen molar-refractivity contribution < 1.29 is 10.2 Å². The van der Waals surface area contributed by atoms with E-state index >= 15 is 0 Å². The molecule has 2 atom stereocenters. The first-order chi connectivity index (χ1) is 15.1. The third-order valence-corrected chi connectivity index (χ3v) is 6.54. The number of pyridine rings is 2. The summed E-state index contributed by atoms with van der Waals surface area (Å²) < 4.78 is 0. The van der Waals surface area contributed by atoms with Gasteiger partial charge in [-0.1, -0.05) is 54.6 Å². The lowest BCUT2D eigenvalue weighted by molar-refractivity contribution is -0.0723. The van der Waals surface area contributed by atoms with Crippen molar-refractivity contribution in [2.75, 3.05) is 0 Å². The molecule has 31 heavy (non-hydrogen) atoms. The Morgan fingerprint density at radius 2 is 1.13 bits per heavy atom. The smallest absolute Gasteiger partial charge is 0.142 e. The van der Waals surface area contributed by atoms with Crippen LogP contribution in [0.4, 0.5) is 0 Å². The second-order valence-electron chi connectivity index (χ2n) is 8.30. The lowest BCUT2D eigenvalue weighted by Crippen LogP contribution is -2.49. The first kappa shape index (κ1) is 19.6. The van der Waals surface area contributed by atoms with Crippen molar-refractivity contribution in [1.82, 2.24) is 9.97 Å². The van der Waals surface area contributed by atoms with Crippen molar-refractivity contribution in [1.29, 1.82) is 0 Å². The second-order valence-corrected chi connectivity index (χ2v) is 8.30. The second kappa shape index (κ2) is 7.73. The van der Waals surface area contributed by atoms with E-state index in [2.05, 4.69) is 9.97 Å². The summed E-state index contributed by atoms with van der Waals surface area (Å²) in [6, 6.07) is 25.3. The summed E-state index contributed by atoms with van der Waals surface area (Å²) in [6.07, 6.45) is 7.19. The highest BCUT2D eigenvalue weighted by molar-refractivity contribution is 5.54. The SMILES string of the molecule is OC1C(Cc2ccncc2)(Cc2ccncc2)c2ccccc2C1(O)c1ccccc1. The summed E-state index contributed by atoms with van der Waals surface area (Å²) in [5, 5.41) is 24.1. The molecule has 4 nitrogen and oxygen atoms in total. The van der Waals surface area contributed by atoms with E-state index in [0.717, 1.165) is 22.3 Å². The van der Waals surface area contributed by atoms with Crippen LogP contribution < -0.4 is 0 Å². The topological polar surface area (TPSA) is 66.2 Å². The number of aromatic nitrogens is 2. The molecule has 0 saturated carbocycles. The molecule has 0 amide bonds. The Hall–Kier alpha value is -3.34. The number of hydrogen-bond acceptors (Lipinski definition) is 4. The average molecular weight is 409 g/mol. The first-order valence-electron chi connectivity index (χ1n) is 10.5. The fourth-order valence-corrected chi connectivity index (χ4v) is 5.13. The average Bonchev–Trinajstić information content (AvgIpc) is 3.01. The molecule has 2 heterocycles. The van der Waals surface area contributed by atoms with Gasteiger partial charge in [0.2, 0.25) is 0 Å². The zero-order valence-corrected chi connectivity index (χ0v) is 17.1. The molecule has 4 heteroatoms. The van der Waals surface area contributed by atoms with Gasteiger partial charge in [-0.05, 0) is 64.9 Å². The predicted molar refractivity (Wildman–Crippen MR) is 119 cm³/mol. The van der Waals surface area contributed by atoms with Crippen LogP contribution in [0.1, 0.15) is 27.8 Å². The molecule has 2 N–H and O–H groups in total. The summed E-state index contributed by atoms with van der Waals surface area (Å²) in [5.74, 6) is 0. The van der Waals surface area contributed by atoms with E-state index in [1.807, 2.05) is 78.9 Å². The number of aliphatic hydroxyl groups excluding tert-OH is 1. The van der Waals surface area contributed by atoms with Gasteiger partial charge in [-0.3, -0.25) is 9.97 Å². The Bertz CT molecular complexity index is 1120. The van der Waals surface area contributed by atoms with Gasteiger partial charge >= 0.3 is 0 Å². The van der Waals surface area contributed by atoms with Crippen LogP contribution in [0.5, 0.6) is 0 Å². The van der Waals surface area contributed by atoms with E-state index in [-0.39, 0.29) is 0 Å². The van der Waals surface area contributed by atoms with E-state index in [0.29, 0.717) is 18.4 Å². The van der Waals surface area contributed by atoms with Crippen molar-refractivity contribution >= 4 is 0 Å². The number of aliphatic hydroxyl groups is 2. The molecule has 0 bridgehead atoms. The Labute approximate surface area is 181 Å². The summed E-state index contributed by atoms with van der Waals surface area (Å²) in [5.41, 5.74) is 2.34. The molecule has 0 radical (unpaired) electrons. The highest BCUT2D eigenvalue weighted by atomic mass is 16.3. The zero-order chi connectivity index (χ0) is 21.3. The van der Waals surface area contributed by atoms with Crippen LogP contribution in [0.15, 0.2) is 104 Å². The van der Waals surface area contributed by atoms with E-state index in [9.17, 15) is 10.2 Å². The molecule has 0 saturated heterocycles. The van der Waals surface area contributed by atoms with Gasteiger partial charge in [0.25, 0.3) is 0 Å². The molecular formula is C27H24N2O2. The maximum Gasteiger partial charge on any atom is 0.142 e. The van der Waals surface area contributed by atoms with Crippen molar-refractivity contribution in [2.45, 2.75) is 30.0 Å². The number of hydrogen-bond donors (Lipinski definition) is 2. The van der Waals surface area contributed by atoms with Crippen LogP contribution in [-0.4, -0.2) is 26.3 Å². The van der Waals surface area contributed by atoms with Gasteiger partial charge in [-0.15, -0.1) is 0 Å². The van der Waals surface area contributed by atoms with Gasteiger partial charge in [0.05, 0.1) is 0 Å². The van der Waals surface area contributed by atoms with Crippen molar-refractivity contribution in [2.24, 2.45) is 0 Å². The number of fused-ring (bicyclic) bond motifs is 1. The standard InChI is InChI=1S/C27H24N2O2/c30-25-26(18-20-10-14-28-15-11-20,19-21-12-16-29-17-13-21)23-8-4-5-9-24(23)27(25,31)22-6-2-1-3-7-22/h1-17,25,30-31H,18-19H2. The molecule has 154 valence electrons. The molecule has 0 aliphatic heterocycles. The minimum atomic E-state index is -1.50. The number of benzene rings is 2. The molecule has 0 spiro atoms. The summed E-state index contributed by atoms with van der Waals surface area (Å²) in [7, 11) is 0. The highest BCUT2D eigenvalue weighted by Gasteiger charge is 2.59. The van der Waals surface area contributed by atoms with Gasteiger partial charge in [0.1, 0.15) is 11.7 Å².